The first kappa shape index (κ1) is 12.9. The zero-order valence-electron chi connectivity index (χ0n) is 10.1. The first-order chi connectivity index (χ1) is 6.61. The Morgan fingerprint density at radius 1 is 1.07 bits per heavy atom. The summed E-state index contributed by atoms with van der Waals surface area (Å²) in [4.78, 5) is 10.3. The summed E-state index contributed by atoms with van der Waals surface area (Å²) in [5.74, 6) is 1.26. The minimum absolute atomic E-state index is 0.501. The largest absolute Gasteiger partial charge is 0.347 e. The van der Waals surface area contributed by atoms with Crippen LogP contribution < -0.4 is 4.90 Å². The van der Waals surface area contributed by atoms with Gasteiger partial charge in [-0.1, -0.05) is 27.7 Å². The van der Waals surface area contributed by atoms with Gasteiger partial charge in [-0.2, -0.15) is 0 Å². The Bertz CT molecular complexity index is 212. The van der Waals surface area contributed by atoms with Gasteiger partial charge in [0.1, 0.15) is 0 Å². The van der Waals surface area contributed by atoms with Gasteiger partial charge < -0.3 is 4.90 Å². The molecule has 80 valence electrons. The van der Waals surface area contributed by atoms with Crippen LogP contribution in [0.2, 0.25) is 0 Å². The Morgan fingerprint density at radius 2 is 1.50 bits per heavy atom. The lowest BCUT2D eigenvalue weighted by Gasteiger charge is -2.10. The molecular weight excluding hydrogens is 174 g/mol. The number of rotatable bonds is 2. The van der Waals surface area contributed by atoms with Gasteiger partial charge in [-0.3, -0.25) is 0 Å². The Labute approximate surface area is 87.2 Å². The Morgan fingerprint density at radius 3 is 1.79 bits per heavy atom. The highest BCUT2D eigenvalue weighted by Gasteiger charge is 2.01. The van der Waals surface area contributed by atoms with Gasteiger partial charge in [0.05, 0.1) is 0 Å². The fraction of sp³-hybridized carbons (Fsp3) is 0.636. The van der Waals surface area contributed by atoms with Gasteiger partial charge in [-0.25, -0.2) is 9.97 Å². The standard InChI is InChI=1S/C9H15N3.C2H6/c1-7(2)8-5-10-9(11-6-8)12(3)4;1-2/h5-7H,1-4H3;1-2H3. The zero-order valence-corrected chi connectivity index (χ0v) is 10.1. The molecule has 0 spiro atoms. The van der Waals surface area contributed by atoms with Crippen LogP contribution in [0, 0.1) is 0 Å². The summed E-state index contributed by atoms with van der Waals surface area (Å²) in [5, 5.41) is 0. The van der Waals surface area contributed by atoms with Crippen molar-refractivity contribution in [3.8, 4) is 0 Å². The lowest BCUT2D eigenvalue weighted by Crippen LogP contribution is -2.12. The molecule has 0 atom stereocenters. The maximum Gasteiger partial charge on any atom is 0.224 e. The summed E-state index contributed by atoms with van der Waals surface area (Å²) in [6.07, 6.45) is 3.76. The maximum atomic E-state index is 4.21. The third kappa shape index (κ3) is 3.73. The number of hydrogen-bond acceptors (Lipinski definition) is 3. The van der Waals surface area contributed by atoms with Crippen LogP contribution in [0.15, 0.2) is 12.4 Å². The molecule has 0 N–H and O–H groups in total. The monoisotopic (exact) mass is 195 g/mol. The lowest BCUT2D eigenvalue weighted by atomic mass is 10.1. The zero-order chi connectivity index (χ0) is 11.1. The molecule has 1 aromatic heterocycles. The quantitative estimate of drug-likeness (QED) is 0.726. The molecule has 0 aliphatic rings. The van der Waals surface area contributed by atoms with E-state index in [1.54, 1.807) is 0 Å². The summed E-state index contributed by atoms with van der Waals surface area (Å²) in [6, 6.07) is 0. The van der Waals surface area contributed by atoms with Crippen molar-refractivity contribution >= 4 is 5.95 Å². The van der Waals surface area contributed by atoms with E-state index >= 15 is 0 Å². The highest BCUT2D eigenvalue weighted by molar-refractivity contribution is 5.27. The van der Waals surface area contributed by atoms with Crippen LogP contribution >= 0.6 is 0 Å². The highest BCUT2D eigenvalue weighted by atomic mass is 15.2. The SMILES string of the molecule is CC.CC(C)c1cnc(N(C)C)nc1. The van der Waals surface area contributed by atoms with E-state index in [1.807, 2.05) is 45.2 Å². The summed E-state index contributed by atoms with van der Waals surface area (Å²) in [7, 11) is 3.87. The molecule has 0 aliphatic carbocycles. The van der Waals surface area contributed by atoms with E-state index in [0.717, 1.165) is 5.95 Å². The summed E-state index contributed by atoms with van der Waals surface area (Å²) in [6.45, 7) is 8.27. The van der Waals surface area contributed by atoms with E-state index in [4.69, 9.17) is 0 Å². The molecular formula is C11H21N3. The Hall–Kier alpha value is -1.12. The fourth-order valence-electron chi connectivity index (χ4n) is 0.860. The van der Waals surface area contributed by atoms with Gasteiger partial charge >= 0.3 is 0 Å². The van der Waals surface area contributed by atoms with Gasteiger partial charge in [0.2, 0.25) is 5.95 Å². The van der Waals surface area contributed by atoms with Crippen molar-refractivity contribution in [2.75, 3.05) is 19.0 Å². The van der Waals surface area contributed by atoms with Crippen LogP contribution in [0.5, 0.6) is 0 Å². The topological polar surface area (TPSA) is 29.0 Å². The van der Waals surface area contributed by atoms with Crippen LogP contribution in [0.25, 0.3) is 0 Å². The number of nitrogens with zero attached hydrogens (tertiary/aromatic N) is 3. The number of aromatic nitrogens is 2. The average Bonchev–Trinajstić information content (AvgIpc) is 2.21. The number of hydrogen-bond donors (Lipinski definition) is 0. The minimum Gasteiger partial charge on any atom is -0.347 e. The second-order valence-electron chi connectivity index (χ2n) is 3.37. The second kappa shape index (κ2) is 6.35. The number of anilines is 1. The molecule has 0 fully saturated rings. The van der Waals surface area contributed by atoms with E-state index in [-0.39, 0.29) is 0 Å². The summed E-state index contributed by atoms with van der Waals surface area (Å²) >= 11 is 0. The van der Waals surface area contributed by atoms with Crippen LogP contribution in [0.4, 0.5) is 5.95 Å². The van der Waals surface area contributed by atoms with Crippen LogP contribution in [0.1, 0.15) is 39.2 Å². The van der Waals surface area contributed by atoms with Gasteiger partial charge in [0.15, 0.2) is 0 Å². The van der Waals surface area contributed by atoms with Crippen LogP contribution in [0.3, 0.4) is 0 Å². The van der Waals surface area contributed by atoms with Crippen LogP contribution in [-0.2, 0) is 0 Å². The first-order valence-corrected chi connectivity index (χ1v) is 5.10. The molecule has 1 aromatic rings. The molecule has 3 nitrogen and oxygen atoms in total. The van der Waals surface area contributed by atoms with E-state index in [9.17, 15) is 0 Å². The minimum atomic E-state index is 0.501. The molecule has 14 heavy (non-hydrogen) atoms. The molecule has 1 heterocycles. The molecule has 0 aliphatic heterocycles. The third-order valence-corrected chi connectivity index (χ3v) is 1.72. The van der Waals surface area contributed by atoms with Crippen LogP contribution in [-0.4, -0.2) is 24.1 Å². The molecule has 0 saturated carbocycles. The van der Waals surface area contributed by atoms with Crippen molar-refractivity contribution in [3.63, 3.8) is 0 Å². The predicted molar refractivity (Wildman–Crippen MR) is 61.8 cm³/mol. The molecule has 0 radical (unpaired) electrons. The van der Waals surface area contributed by atoms with Crippen molar-refractivity contribution in [1.82, 2.24) is 9.97 Å². The average molecular weight is 195 g/mol. The Kier molecular flexibility index (Phi) is 5.84. The van der Waals surface area contributed by atoms with Gasteiger partial charge in [-0.15, -0.1) is 0 Å². The third-order valence-electron chi connectivity index (χ3n) is 1.72. The van der Waals surface area contributed by atoms with Gasteiger partial charge in [-0.05, 0) is 11.5 Å². The van der Waals surface area contributed by atoms with Crippen molar-refractivity contribution < 1.29 is 0 Å². The molecule has 0 saturated heterocycles. The lowest BCUT2D eigenvalue weighted by molar-refractivity contribution is 0.840. The summed E-state index contributed by atoms with van der Waals surface area (Å²) < 4.78 is 0. The van der Waals surface area contributed by atoms with Crippen molar-refractivity contribution in [2.45, 2.75) is 33.6 Å². The molecule has 0 amide bonds. The first-order valence-electron chi connectivity index (χ1n) is 5.10. The summed E-state index contributed by atoms with van der Waals surface area (Å²) in [5.41, 5.74) is 1.18. The van der Waals surface area contributed by atoms with E-state index in [1.165, 1.54) is 5.56 Å². The van der Waals surface area contributed by atoms with Crippen molar-refractivity contribution in [1.29, 1.82) is 0 Å². The molecule has 0 aromatic carbocycles. The van der Waals surface area contributed by atoms with E-state index < -0.39 is 0 Å². The highest BCUT2D eigenvalue weighted by Crippen LogP contribution is 2.12. The predicted octanol–water partition coefficient (Wildman–Crippen LogP) is 2.69. The van der Waals surface area contributed by atoms with Crippen molar-refractivity contribution in [3.05, 3.63) is 18.0 Å². The van der Waals surface area contributed by atoms with E-state index in [0.29, 0.717) is 5.92 Å². The fourth-order valence-corrected chi connectivity index (χ4v) is 0.860. The molecule has 3 heteroatoms. The normalized spacial score (nSPS) is 9.36. The molecule has 1 rings (SSSR count). The maximum absolute atomic E-state index is 4.21. The Balaban J connectivity index is 0.000000791. The van der Waals surface area contributed by atoms with Crippen molar-refractivity contribution in [2.24, 2.45) is 0 Å². The second-order valence-corrected chi connectivity index (χ2v) is 3.37. The molecule has 0 unspecified atom stereocenters. The molecule has 0 bridgehead atoms. The van der Waals surface area contributed by atoms with Gasteiger partial charge in [0.25, 0.3) is 0 Å². The van der Waals surface area contributed by atoms with Gasteiger partial charge in [0, 0.05) is 26.5 Å². The van der Waals surface area contributed by atoms with E-state index in [2.05, 4.69) is 23.8 Å². The smallest absolute Gasteiger partial charge is 0.224 e.